The number of ether oxygens (including phenoxy) is 1. The molecule has 2 aromatic rings. The zero-order valence-electron chi connectivity index (χ0n) is 9.68. The third kappa shape index (κ3) is 3.51. The Morgan fingerprint density at radius 2 is 1.89 bits per heavy atom. The fourth-order valence-corrected chi connectivity index (χ4v) is 1.93. The Hall–Kier alpha value is -1.95. The van der Waals surface area contributed by atoms with Crippen molar-refractivity contribution in [3.8, 4) is 5.75 Å². The highest BCUT2D eigenvalue weighted by Gasteiger charge is 2.06. The van der Waals surface area contributed by atoms with E-state index in [0.717, 1.165) is 5.56 Å². The monoisotopic (exact) mass is 325 g/mol. The Kier molecular flexibility index (Phi) is 4.11. The van der Waals surface area contributed by atoms with Crippen molar-refractivity contribution in [1.82, 2.24) is 0 Å². The maximum Gasteiger partial charge on any atom is 0.269 e. The lowest BCUT2D eigenvalue weighted by Crippen LogP contribution is -1.97. The maximum atomic E-state index is 12.9. The minimum absolute atomic E-state index is 0.00955. The van der Waals surface area contributed by atoms with Gasteiger partial charge in [0.05, 0.1) is 4.92 Å². The van der Waals surface area contributed by atoms with Crippen LogP contribution in [-0.2, 0) is 6.61 Å². The van der Waals surface area contributed by atoms with Crippen molar-refractivity contribution in [1.29, 1.82) is 0 Å². The molecule has 0 radical (unpaired) electrons. The molecule has 0 fully saturated rings. The molecule has 0 aliphatic heterocycles. The standard InChI is InChI=1S/C13H9BrFNO3/c14-13-7-10(15)2-1-9(13)8-19-12-5-3-11(4-6-12)16(17)18/h1-7H,8H2. The molecule has 0 heterocycles. The number of nitro benzene ring substituents is 1. The largest absolute Gasteiger partial charge is 0.489 e. The fraction of sp³-hybridized carbons (Fsp3) is 0.0769. The van der Waals surface area contributed by atoms with E-state index < -0.39 is 4.92 Å². The van der Waals surface area contributed by atoms with Crippen molar-refractivity contribution >= 4 is 21.6 Å². The van der Waals surface area contributed by atoms with Crippen LogP contribution >= 0.6 is 15.9 Å². The molecule has 0 saturated carbocycles. The topological polar surface area (TPSA) is 52.4 Å². The van der Waals surface area contributed by atoms with E-state index in [0.29, 0.717) is 10.2 Å². The Labute approximate surface area is 117 Å². The molecule has 0 spiro atoms. The van der Waals surface area contributed by atoms with Crippen molar-refractivity contribution in [2.45, 2.75) is 6.61 Å². The summed E-state index contributed by atoms with van der Waals surface area (Å²) >= 11 is 3.24. The van der Waals surface area contributed by atoms with Gasteiger partial charge in [0.1, 0.15) is 18.2 Å². The molecule has 2 rings (SSSR count). The number of rotatable bonds is 4. The zero-order chi connectivity index (χ0) is 13.8. The molecule has 0 aliphatic carbocycles. The summed E-state index contributed by atoms with van der Waals surface area (Å²) in [4.78, 5) is 10.0. The van der Waals surface area contributed by atoms with Crippen molar-refractivity contribution in [2.75, 3.05) is 0 Å². The van der Waals surface area contributed by atoms with E-state index in [1.54, 1.807) is 6.07 Å². The number of hydrogen-bond donors (Lipinski definition) is 0. The highest BCUT2D eigenvalue weighted by molar-refractivity contribution is 9.10. The molecule has 0 unspecified atom stereocenters. The number of nitrogens with zero attached hydrogens (tertiary/aromatic N) is 1. The van der Waals surface area contributed by atoms with Gasteiger partial charge in [-0.25, -0.2) is 4.39 Å². The van der Waals surface area contributed by atoms with E-state index >= 15 is 0 Å². The lowest BCUT2D eigenvalue weighted by molar-refractivity contribution is -0.384. The summed E-state index contributed by atoms with van der Waals surface area (Å²) in [7, 11) is 0. The van der Waals surface area contributed by atoms with Gasteiger partial charge >= 0.3 is 0 Å². The van der Waals surface area contributed by atoms with Gasteiger partial charge in [0.15, 0.2) is 0 Å². The van der Waals surface area contributed by atoms with Crippen molar-refractivity contribution < 1.29 is 14.1 Å². The number of non-ortho nitro benzene ring substituents is 1. The second kappa shape index (κ2) is 5.79. The summed E-state index contributed by atoms with van der Waals surface area (Å²) in [6.45, 7) is 0.249. The van der Waals surface area contributed by atoms with Crippen LogP contribution in [0.4, 0.5) is 10.1 Å². The summed E-state index contributed by atoms with van der Waals surface area (Å²) < 4.78 is 19.0. The van der Waals surface area contributed by atoms with Gasteiger partial charge in [-0.1, -0.05) is 22.0 Å². The Balaban J connectivity index is 2.04. The van der Waals surface area contributed by atoms with E-state index in [-0.39, 0.29) is 18.1 Å². The zero-order valence-corrected chi connectivity index (χ0v) is 11.3. The normalized spacial score (nSPS) is 10.2. The predicted octanol–water partition coefficient (Wildman–Crippen LogP) is 4.08. The molecule has 0 amide bonds. The summed E-state index contributed by atoms with van der Waals surface area (Å²) in [6, 6.07) is 10.1. The molecule has 0 bridgehead atoms. The first-order valence-electron chi connectivity index (χ1n) is 5.37. The van der Waals surface area contributed by atoms with Crippen LogP contribution < -0.4 is 4.74 Å². The molecule has 0 atom stereocenters. The predicted molar refractivity (Wildman–Crippen MR) is 71.5 cm³/mol. The first kappa shape index (κ1) is 13.5. The van der Waals surface area contributed by atoms with Gasteiger partial charge in [-0.2, -0.15) is 0 Å². The van der Waals surface area contributed by atoms with E-state index in [1.807, 2.05) is 0 Å². The Morgan fingerprint density at radius 3 is 2.47 bits per heavy atom. The Bertz CT molecular complexity index is 601. The van der Waals surface area contributed by atoms with E-state index in [2.05, 4.69) is 15.9 Å². The first-order chi connectivity index (χ1) is 9.06. The van der Waals surface area contributed by atoms with Gasteiger partial charge in [0, 0.05) is 22.2 Å². The molecule has 98 valence electrons. The molecule has 0 aromatic heterocycles. The van der Waals surface area contributed by atoms with Crippen molar-refractivity contribution in [2.24, 2.45) is 0 Å². The Morgan fingerprint density at radius 1 is 1.21 bits per heavy atom. The van der Waals surface area contributed by atoms with E-state index in [1.165, 1.54) is 36.4 Å². The molecule has 0 N–H and O–H groups in total. The third-order valence-corrected chi connectivity index (χ3v) is 3.20. The molecule has 19 heavy (non-hydrogen) atoms. The van der Waals surface area contributed by atoms with Gasteiger partial charge in [0.25, 0.3) is 5.69 Å². The second-order valence-corrected chi connectivity index (χ2v) is 4.63. The average molecular weight is 326 g/mol. The van der Waals surface area contributed by atoms with Crippen LogP contribution in [0, 0.1) is 15.9 Å². The average Bonchev–Trinajstić information content (AvgIpc) is 2.38. The lowest BCUT2D eigenvalue weighted by atomic mass is 10.2. The molecule has 6 heteroatoms. The number of hydrogen-bond acceptors (Lipinski definition) is 3. The van der Waals surface area contributed by atoms with Crippen molar-refractivity contribution in [3.63, 3.8) is 0 Å². The van der Waals surface area contributed by atoms with Crippen LogP contribution in [-0.4, -0.2) is 4.92 Å². The van der Waals surface area contributed by atoms with E-state index in [9.17, 15) is 14.5 Å². The maximum absolute atomic E-state index is 12.9. The van der Waals surface area contributed by atoms with Crippen LogP contribution in [0.2, 0.25) is 0 Å². The van der Waals surface area contributed by atoms with Gasteiger partial charge in [-0.3, -0.25) is 10.1 Å². The van der Waals surface area contributed by atoms with Crippen LogP contribution in [0.25, 0.3) is 0 Å². The lowest BCUT2D eigenvalue weighted by Gasteiger charge is -2.07. The molecule has 0 saturated heterocycles. The number of halogens is 2. The van der Waals surface area contributed by atoms with Crippen LogP contribution in [0.1, 0.15) is 5.56 Å². The quantitative estimate of drug-likeness (QED) is 0.628. The van der Waals surface area contributed by atoms with E-state index in [4.69, 9.17) is 4.74 Å². The van der Waals surface area contributed by atoms with Crippen LogP contribution in [0.5, 0.6) is 5.75 Å². The highest BCUT2D eigenvalue weighted by atomic mass is 79.9. The molecule has 2 aromatic carbocycles. The van der Waals surface area contributed by atoms with Crippen LogP contribution in [0.3, 0.4) is 0 Å². The summed E-state index contributed by atoms with van der Waals surface area (Å²) in [6.07, 6.45) is 0. The number of benzene rings is 2. The third-order valence-electron chi connectivity index (χ3n) is 2.46. The van der Waals surface area contributed by atoms with Gasteiger partial charge < -0.3 is 4.74 Å². The van der Waals surface area contributed by atoms with Crippen LogP contribution in [0.15, 0.2) is 46.9 Å². The van der Waals surface area contributed by atoms with Gasteiger partial charge in [-0.05, 0) is 24.3 Å². The molecule has 0 aliphatic rings. The minimum atomic E-state index is -0.472. The first-order valence-corrected chi connectivity index (χ1v) is 6.17. The fourth-order valence-electron chi connectivity index (χ4n) is 1.46. The second-order valence-electron chi connectivity index (χ2n) is 3.78. The molecular weight excluding hydrogens is 317 g/mol. The summed E-state index contributed by atoms with van der Waals surface area (Å²) in [5.74, 6) is 0.188. The molecule has 4 nitrogen and oxygen atoms in total. The number of nitro groups is 1. The highest BCUT2D eigenvalue weighted by Crippen LogP contribution is 2.22. The minimum Gasteiger partial charge on any atom is -0.489 e. The summed E-state index contributed by atoms with van der Waals surface area (Å²) in [5.41, 5.74) is 0.801. The smallest absolute Gasteiger partial charge is 0.269 e. The summed E-state index contributed by atoms with van der Waals surface area (Å²) in [5, 5.41) is 10.5. The molecular formula is C13H9BrFNO3. The SMILES string of the molecule is O=[N+]([O-])c1ccc(OCc2ccc(F)cc2Br)cc1. The van der Waals surface area contributed by atoms with Gasteiger partial charge in [0.2, 0.25) is 0 Å². The van der Waals surface area contributed by atoms with Gasteiger partial charge in [-0.15, -0.1) is 0 Å². The van der Waals surface area contributed by atoms with Crippen molar-refractivity contribution in [3.05, 3.63) is 68.4 Å².